The number of carbonyl (C=O) groups excluding carboxylic acids is 1. The van der Waals surface area contributed by atoms with E-state index >= 15 is 0 Å². The smallest absolute Gasteiger partial charge is 0.416 e. The number of ether oxygens (including phenoxy) is 1. The van der Waals surface area contributed by atoms with Gasteiger partial charge in [-0.15, -0.1) is 0 Å². The molecule has 0 aromatic heterocycles. The predicted molar refractivity (Wildman–Crippen MR) is 92.9 cm³/mol. The summed E-state index contributed by atoms with van der Waals surface area (Å²) in [7, 11) is 0. The van der Waals surface area contributed by atoms with E-state index in [-0.39, 0.29) is 24.1 Å². The fourth-order valence-electron chi connectivity index (χ4n) is 2.10. The first-order valence-electron chi connectivity index (χ1n) is 7.97. The van der Waals surface area contributed by atoms with E-state index < -0.39 is 11.7 Å². The van der Waals surface area contributed by atoms with Crippen LogP contribution in [-0.2, 0) is 6.18 Å². The van der Waals surface area contributed by atoms with E-state index in [1.54, 1.807) is 24.3 Å². The Hall–Kier alpha value is -2.94. The van der Waals surface area contributed by atoms with Gasteiger partial charge in [0.05, 0.1) is 18.2 Å². The van der Waals surface area contributed by atoms with Crippen LogP contribution in [0, 0.1) is 11.8 Å². The Bertz CT molecular complexity index is 815. The van der Waals surface area contributed by atoms with Crippen molar-refractivity contribution in [2.75, 3.05) is 6.54 Å². The average Bonchev–Trinajstić information content (AvgIpc) is 2.58. The molecule has 0 aliphatic heterocycles. The maximum atomic E-state index is 12.6. The fraction of sp³-hybridized carbons (Fsp3) is 0.250. The number of hydrogen-bond acceptors (Lipinski definition) is 2. The van der Waals surface area contributed by atoms with Gasteiger partial charge in [0.15, 0.2) is 0 Å². The Morgan fingerprint density at radius 1 is 1.15 bits per heavy atom. The summed E-state index contributed by atoms with van der Waals surface area (Å²) < 4.78 is 43.4. The number of benzene rings is 2. The van der Waals surface area contributed by atoms with Crippen molar-refractivity contribution in [3.63, 3.8) is 0 Å². The topological polar surface area (TPSA) is 38.3 Å². The molecule has 0 aliphatic rings. The van der Waals surface area contributed by atoms with E-state index in [9.17, 15) is 18.0 Å². The third-order valence-corrected chi connectivity index (χ3v) is 3.25. The first-order chi connectivity index (χ1) is 12.3. The molecule has 0 heterocycles. The molecule has 0 saturated carbocycles. The summed E-state index contributed by atoms with van der Waals surface area (Å²) in [6.45, 7) is 3.84. The Balaban J connectivity index is 1.92. The molecular formula is C20H18F3NO2. The van der Waals surface area contributed by atoms with Gasteiger partial charge in [-0.1, -0.05) is 17.9 Å². The number of halogens is 3. The fourth-order valence-corrected chi connectivity index (χ4v) is 2.10. The van der Waals surface area contributed by atoms with Crippen LogP contribution < -0.4 is 10.1 Å². The highest BCUT2D eigenvalue weighted by Gasteiger charge is 2.30. The number of hydrogen-bond donors (Lipinski definition) is 1. The van der Waals surface area contributed by atoms with Gasteiger partial charge in [-0.3, -0.25) is 4.79 Å². The zero-order valence-electron chi connectivity index (χ0n) is 14.4. The number of carbonyl (C=O) groups is 1. The van der Waals surface area contributed by atoms with Gasteiger partial charge < -0.3 is 10.1 Å². The maximum Gasteiger partial charge on any atom is 0.416 e. The highest BCUT2D eigenvalue weighted by atomic mass is 19.4. The van der Waals surface area contributed by atoms with E-state index in [1.807, 2.05) is 13.8 Å². The zero-order valence-corrected chi connectivity index (χ0v) is 14.4. The molecule has 136 valence electrons. The third-order valence-electron chi connectivity index (χ3n) is 3.25. The summed E-state index contributed by atoms with van der Waals surface area (Å²) in [6, 6.07) is 11.4. The van der Waals surface area contributed by atoms with Crippen molar-refractivity contribution in [1.82, 2.24) is 5.32 Å². The molecular weight excluding hydrogens is 343 g/mol. The minimum absolute atomic E-state index is 0.0271. The van der Waals surface area contributed by atoms with Crippen molar-refractivity contribution < 1.29 is 22.7 Å². The van der Waals surface area contributed by atoms with Crippen LogP contribution in [0.4, 0.5) is 13.2 Å². The number of rotatable bonds is 4. The van der Waals surface area contributed by atoms with Crippen molar-refractivity contribution >= 4 is 5.91 Å². The van der Waals surface area contributed by atoms with E-state index in [1.165, 1.54) is 12.1 Å². The van der Waals surface area contributed by atoms with Crippen molar-refractivity contribution in [3.05, 3.63) is 65.2 Å². The van der Waals surface area contributed by atoms with Crippen LogP contribution in [0.15, 0.2) is 48.5 Å². The lowest BCUT2D eigenvalue weighted by Crippen LogP contribution is -2.23. The highest BCUT2D eigenvalue weighted by molar-refractivity contribution is 5.94. The molecule has 0 fully saturated rings. The standard InChI is InChI=1S/C20H18F3NO2/c1-14(2)26-18-10-8-16(9-11-18)19(25)24-12-4-6-15-5-3-7-17(13-15)20(21,22)23/h3,5,7-11,13-14H,12H2,1-2H3,(H,24,25). The van der Waals surface area contributed by atoms with Crippen LogP contribution in [-0.4, -0.2) is 18.6 Å². The van der Waals surface area contributed by atoms with E-state index in [0.29, 0.717) is 11.3 Å². The molecule has 2 rings (SSSR count). The van der Waals surface area contributed by atoms with Gasteiger partial charge >= 0.3 is 6.18 Å². The lowest BCUT2D eigenvalue weighted by Gasteiger charge is -2.09. The summed E-state index contributed by atoms with van der Waals surface area (Å²) >= 11 is 0. The second-order valence-corrected chi connectivity index (χ2v) is 5.75. The van der Waals surface area contributed by atoms with Gasteiger partial charge in [0.2, 0.25) is 0 Å². The normalized spacial score (nSPS) is 10.8. The minimum atomic E-state index is -4.41. The molecule has 0 bridgehead atoms. The molecule has 26 heavy (non-hydrogen) atoms. The summed E-state index contributed by atoms with van der Waals surface area (Å²) in [5.74, 6) is 5.60. The Kier molecular flexibility index (Phi) is 6.29. The first-order valence-corrected chi connectivity index (χ1v) is 7.97. The van der Waals surface area contributed by atoms with Crippen molar-refractivity contribution in [3.8, 4) is 17.6 Å². The SMILES string of the molecule is CC(C)Oc1ccc(C(=O)NCC#Cc2cccc(C(F)(F)F)c2)cc1. The Morgan fingerprint density at radius 2 is 1.85 bits per heavy atom. The molecule has 3 nitrogen and oxygen atoms in total. The van der Waals surface area contributed by atoms with Crippen molar-refractivity contribution in [2.24, 2.45) is 0 Å². The average molecular weight is 361 g/mol. The van der Waals surface area contributed by atoms with Gasteiger partial charge in [0.25, 0.3) is 5.91 Å². The summed E-state index contributed by atoms with van der Waals surface area (Å²) in [4.78, 5) is 12.0. The van der Waals surface area contributed by atoms with Crippen LogP contribution in [0.3, 0.4) is 0 Å². The predicted octanol–water partition coefficient (Wildman–Crippen LogP) is 4.27. The van der Waals surface area contributed by atoms with Crippen LogP contribution in [0.25, 0.3) is 0 Å². The monoisotopic (exact) mass is 361 g/mol. The lowest BCUT2D eigenvalue weighted by atomic mass is 10.1. The van der Waals surface area contributed by atoms with Crippen LogP contribution in [0.5, 0.6) is 5.75 Å². The molecule has 6 heteroatoms. The molecule has 0 spiro atoms. The number of nitrogens with one attached hydrogen (secondary N) is 1. The maximum absolute atomic E-state index is 12.6. The van der Waals surface area contributed by atoms with Crippen LogP contribution in [0.2, 0.25) is 0 Å². The summed E-state index contributed by atoms with van der Waals surface area (Å²) in [6.07, 6.45) is -4.36. The van der Waals surface area contributed by atoms with Gasteiger partial charge in [-0.25, -0.2) is 0 Å². The molecule has 0 aliphatic carbocycles. The van der Waals surface area contributed by atoms with Gasteiger partial charge in [-0.2, -0.15) is 13.2 Å². The van der Waals surface area contributed by atoms with E-state index in [0.717, 1.165) is 12.1 Å². The first kappa shape index (κ1) is 19.4. The minimum Gasteiger partial charge on any atom is -0.491 e. The Morgan fingerprint density at radius 3 is 2.46 bits per heavy atom. The molecule has 2 aromatic rings. The second kappa shape index (κ2) is 8.43. The van der Waals surface area contributed by atoms with Gasteiger partial charge in [-0.05, 0) is 56.3 Å². The van der Waals surface area contributed by atoms with Crippen molar-refractivity contribution in [2.45, 2.75) is 26.1 Å². The van der Waals surface area contributed by atoms with E-state index in [4.69, 9.17) is 4.74 Å². The molecule has 2 aromatic carbocycles. The molecule has 0 unspecified atom stereocenters. The summed E-state index contributed by atoms with van der Waals surface area (Å²) in [5.41, 5.74) is -0.0664. The lowest BCUT2D eigenvalue weighted by molar-refractivity contribution is -0.137. The quantitative estimate of drug-likeness (QED) is 0.826. The molecule has 0 atom stereocenters. The third kappa shape index (κ3) is 5.85. The molecule has 1 amide bonds. The van der Waals surface area contributed by atoms with Crippen molar-refractivity contribution in [1.29, 1.82) is 0 Å². The summed E-state index contributed by atoms with van der Waals surface area (Å²) in [5, 5.41) is 2.60. The Labute approximate surface area is 150 Å². The zero-order chi connectivity index (χ0) is 19.2. The highest BCUT2D eigenvalue weighted by Crippen LogP contribution is 2.29. The number of alkyl halides is 3. The number of amides is 1. The van der Waals surface area contributed by atoms with Crippen LogP contribution in [0.1, 0.15) is 35.3 Å². The molecule has 0 saturated heterocycles. The molecule has 0 radical (unpaired) electrons. The second-order valence-electron chi connectivity index (χ2n) is 5.75. The molecule has 1 N–H and O–H groups in total. The van der Waals surface area contributed by atoms with E-state index in [2.05, 4.69) is 17.2 Å². The van der Waals surface area contributed by atoms with Gasteiger partial charge in [0, 0.05) is 11.1 Å². The van der Waals surface area contributed by atoms with Gasteiger partial charge in [0.1, 0.15) is 5.75 Å². The largest absolute Gasteiger partial charge is 0.491 e. The van der Waals surface area contributed by atoms with Crippen LogP contribution >= 0.6 is 0 Å².